The molecule has 0 atom stereocenters. The van der Waals surface area contributed by atoms with Gasteiger partial charge in [-0.2, -0.15) is 13.2 Å². The van der Waals surface area contributed by atoms with E-state index in [9.17, 15) is 13.2 Å². The Labute approximate surface area is 136 Å². The highest BCUT2D eigenvalue weighted by atomic mass is 32.1. The Balaban J connectivity index is 1.68. The number of thiazole rings is 1. The second-order valence-electron chi connectivity index (χ2n) is 5.55. The van der Waals surface area contributed by atoms with Gasteiger partial charge >= 0.3 is 6.18 Å². The number of nitrogens with one attached hydrogen (secondary N) is 2. The third-order valence-electron chi connectivity index (χ3n) is 3.76. The van der Waals surface area contributed by atoms with E-state index < -0.39 is 12.6 Å². The summed E-state index contributed by atoms with van der Waals surface area (Å²) >= 11 is 1.00. The fourth-order valence-corrected chi connectivity index (χ4v) is 3.53. The predicted octanol–water partition coefficient (Wildman–Crippen LogP) is 3.85. The van der Waals surface area contributed by atoms with Crippen molar-refractivity contribution in [2.45, 2.75) is 31.4 Å². The number of halogens is 3. The van der Waals surface area contributed by atoms with Crippen LogP contribution in [0, 0.1) is 0 Å². The first-order valence-electron chi connectivity index (χ1n) is 7.45. The summed E-state index contributed by atoms with van der Waals surface area (Å²) in [5.74, 6) is 1.12. The van der Waals surface area contributed by atoms with Gasteiger partial charge in [0.15, 0.2) is 5.13 Å². The summed E-state index contributed by atoms with van der Waals surface area (Å²) in [5.41, 5.74) is 1.20. The van der Waals surface area contributed by atoms with Gasteiger partial charge in [0.25, 0.3) is 0 Å². The van der Waals surface area contributed by atoms with Crippen molar-refractivity contribution in [3.63, 3.8) is 0 Å². The first kappa shape index (κ1) is 16.2. The number of piperidine rings is 1. The lowest BCUT2D eigenvalue weighted by Gasteiger charge is -2.23. The second kappa shape index (κ2) is 6.84. The fourth-order valence-electron chi connectivity index (χ4n) is 2.68. The van der Waals surface area contributed by atoms with E-state index in [0.717, 1.165) is 37.3 Å². The number of aromatic nitrogens is 2. The summed E-state index contributed by atoms with van der Waals surface area (Å²) in [5, 5.41) is 6.76. The maximum Gasteiger partial charge on any atom is 0.393 e. The van der Waals surface area contributed by atoms with Gasteiger partial charge in [-0.25, -0.2) is 9.97 Å². The second-order valence-corrected chi connectivity index (χ2v) is 6.66. The van der Waals surface area contributed by atoms with Crippen LogP contribution in [0.15, 0.2) is 24.5 Å². The molecule has 23 heavy (non-hydrogen) atoms. The number of nitrogens with zero attached hydrogens (tertiary/aromatic N) is 2. The largest absolute Gasteiger partial charge is 0.393 e. The van der Waals surface area contributed by atoms with Crippen LogP contribution in [0.5, 0.6) is 0 Å². The van der Waals surface area contributed by atoms with Gasteiger partial charge in [0, 0.05) is 17.3 Å². The van der Waals surface area contributed by atoms with Gasteiger partial charge in [-0.3, -0.25) is 0 Å². The molecule has 1 aliphatic rings. The van der Waals surface area contributed by atoms with Crippen molar-refractivity contribution in [3.8, 4) is 0 Å². The SMILES string of the molecule is FC(F)(F)Cc1cnc(Nc2cc(C3CCNCC3)ccn2)s1. The zero-order valence-corrected chi connectivity index (χ0v) is 13.2. The molecule has 1 aliphatic heterocycles. The van der Waals surface area contributed by atoms with Gasteiger partial charge in [0.2, 0.25) is 0 Å². The molecule has 1 fully saturated rings. The van der Waals surface area contributed by atoms with Crippen LogP contribution in [0.4, 0.5) is 24.1 Å². The zero-order chi connectivity index (χ0) is 16.3. The van der Waals surface area contributed by atoms with Gasteiger partial charge < -0.3 is 10.6 Å². The van der Waals surface area contributed by atoms with E-state index in [0.29, 0.717) is 16.9 Å². The van der Waals surface area contributed by atoms with Crippen LogP contribution in [0.3, 0.4) is 0 Å². The molecule has 0 unspecified atom stereocenters. The van der Waals surface area contributed by atoms with Crippen LogP contribution in [0.25, 0.3) is 0 Å². The highest BCUT2D eigenvalue weighted by Crippen LogP contribution is 2.30. The third-order valence-corrected chi connectivity index (χ3v) is 4.67. The van der Waals surface area contributed by atoms with Crippen LogP contribution in [-0.2, 0) is 6.42 Å². The quantitative estimate of drug-likeness (QED) is 0.886. The monoisotopic (exact) mass is 342 g/mol. The van der Waals surface area contributed by atoms with Gasteiger partial charge in [-0.15, -0.1) is 11.3 Å². The maximum atomic E-state index is 12.4. The molecule has 124 valence electrons. The number of hydrogen-bond acceptors (Lipinski definition) is 5. The van der Waals surface area contributed by atoms with Crippen molar-refractivity contribution < 1.29 is 13.2 Å². The summed E-state index contributed by atoms with van der Waals surface area (Å²) in [6, 6.07) is 3.96. The summed E-state index contributed by atoms with van der Waals surface area (Å²) < 4.78 is 37.1. The molecular weight excluding hydrogens is 325 g/mol. The van der Waals surface area contributed by atoms with E-state index in [2.05, 4.69) is 20.6 Å². The molecule has 4 nitrogen and oxygen atoms in total. The predicted molar refractivity (Wildman–Crippen MR) is 84.2 cm³/mol. The Morgan fingerprint density at radius 1 is 1.26 bits per heavy atom. The summed E-state index contributed by atoms with van der Waals surface area (Å²) in [4.78, 5) is 8.42. The van der Waals surface area contributed by atoms with E-state index in [1.807, 2.05) is 12.1 Å². The molecular formula is C15H17F3N4S. The van der Waals surface area contributed by atoms with Crippen molar-refractivity contribution in [1.29, 1.82) is 0 Å². The summed E-state index contributed by atoms with van der Waals surface area (Å²) in [7, 11) is 0. The third kappa shape index (κ3) is 4.65. The minimum Gasteiger partial charge on any atom is -0.317 e. The average molecular weight is 342 g/mol. The Morgan fingerprint density at radius 2 is 2.04 bits per heavy atom. The molecule has 0 amide bonds. The summed E-state index contributed by atoms with van der Waals surface area (Å²) in [6.45, 7) is 2.01. The smallest absolute Gasteiger partial charge is 0.317 e. The van der Waals surface area contributed by atoms with Crippen molar-refractivity contribution in [3.05, 3.63) is 35.0 Å². The molecule has 3 rings (SSSR count). The van der Waals surface area contributed by atoms with Crippen LogP contribution < -0.4 is 10.6 Å². The lowest BCUT2D eigenvalue weighted by molar-refractivity contribution is -0.126. The molecule has 8 heteroatoms. The molecule has 0 saturated carbocycles. The number of pyridine rings is 1. The molecule has 0 bridgehead atoms. The topological polar surface area (TPSA) is 49.8 Å². The van der Waals surface area contributed by atoms with E-state index in [1.54, 1.807) is 6.20 Å². The minimum absolute atomic E-state index is 0.189. The molecule has 2 aromatic rings. The van der Waals surface area contributed by atoms with Crippen LogP contribution in [0.2, 0.25) is 0 Å². The van der Waals surface area contributed by atoms with Gasteiger partial charge in [-0.1, -0.05) is 0 Å². The van der Waals surface area contributed by atoms with Crippen LogP contribution in [-0.4, -0.2) is 29.2 Å². The van der Waals surface area contributed by atoms with Gasteiger partial charge in [-0.05, 0) is 49.5 Å². The molecule has 0 aliphatic carbocycles. The standard InChI is InChI=1S/C15H17F3N4S/c16-15(17,18)8-12-9-21-14(23-12)22-13-7-11(3-6-20-13)10-1-4-19-5-2-10/h3,6-7,9-10,19H,1-2,4-5,8H2,(H,20,21,22). The lowest BCUT2D eigenvalue weighted by atomic mass is 9.91. The highest BCUT2D eigenvalue weighted by molar-refractivity contribution is 7.15. The first-order chi connectivity index (χ1) is 11.0. The number of hydrogen-bond donors (Lipinski definition) is 2. The van der Waals surface area contributed by atoms with Crippen LogP contribution in [0.1, 0.15) is 29.2 Å². The molecule has 2 aromatic heterocycles. The number of anilines is 2. The van der Waals surface area contributed by atoms with Crippen molar-refractivity contribution in [2.75, 3.05) is 18.4 Å². The van der Waals surface area contributed by atoms with E-state index in [-0.39, 0.29) is 4.88 Å². The lowest BCUT2D eigenvalue weighted by Crippen LogP contribution is -2.26. The maximum absolute atomic E-state index is 12.4. The van der Waals surface area contributed by atoms with Gasteiger partial charge in [0.05, 0.1) is 6.42 Å². The average Bonchev–Trinajstić information content (AvgIpc) is 2.93. The van der Waals surface area contributed by atoms with Crippen molar-refractivity contribution in [2.24, 2.45) is 0 Å². The first-order valence-corrected chi connectivity index (χ1v) is 8.26. The van der Waals surface area contributed by atoms with Crippen molar-refractivity contribution >= 4 is 22.3 Å². The molecule has 2 N–H and O–H groups in total. The number of alkyl halides is 3. The van der Waals surface area contributed by atoms with E-state index in [1.165, 1.54) is 11.8 Å². The molecule has 0 radical (unpaired) electrons. The zero-order valence-electron chi connectivity index (χ0n) is 12.4. The van der Waals surface area contributed by atoms with E-state index >= 15 is 0 Å². The molecule has 0 aromatic carbocycles. The Morgan fingerprint density at radius 3 is 2.78 bits per heavy atom. The van der Waals surface area contributed by atoms with Crippen molar-refractivity contribution in [1.82, 2.24) is 15.3 Å². The Hall–Kier alpha value is -1.67. The van der Waals surface area contributed by atoms with Gasteiger partial charge in [0.1, 0.15) is 5.82 Å². The molecule has 1 saturated heterocycles. The summed E-state index contributed by atoms with van der Waals surface area (Å²) in [6.07, 6.45) is -0.0141. The molecule has 0 spiro atoms. The molecule has 3 heterocycles. The Bertz CT molecular complexity index is 650. The fraction of sp³-hybridized carbons (Fsp3) is 0.467. The Kier molecular flexibility index (Phi) is 4.82. The van der Waals surface area contributed by atoms with E-state index in [4.69, 9.17) is 0 Å². The normalized spacial score (nSPS) is 16.5. The number of rotatable bonds is 4. The highest BCUT2D eigenvalue weighted by Gasteiger charge is 2.28. The van der Waals surface area contributed by atoms with Crippen LogP contribution >= 0.6 is 11.3 Å². The minimum atomic E-state index is -4.21.